The van der Waals surface area contributed by atoms with Gasteiger partial charge in [-0.3, -0.25) is 14.4 Å². The molecule has 6 nitrogen and oxygen atoms in total. The van der Waals surface area contributed by atoms with Gasteiger partial charge in [0.1, 0.15) is 5.82 Å². The zero-order chi connectivity index (χ0) is 21.5. The molecule has 1 atom stereocenters. The minimum Gasteiger partial charge on any atom is -0.455 e. The van der Waals surface area contributed by atoms with Gasteiger partial charge in [-0.25, -0.2) is 4.39 Å². The molecular formula is C23H25FN2O4. The van der Waals surface area contributed by atoms with Gasteiger partial charge in [-0.2, -0.15) is 0 Å². The predicted molar refractivity (Wildman–Crippen MR) is 112 cm³/mol. The number of esters is 1. The maximum atomic E-state index is 12.9. The molecule has 1 fully saturated rings. The molecule has 1 N–H and O–H groups in total. The normalized spacial score (nSPS) is 15.9. The molecule has 2 aromatic carbocycles. The summed E-state index contributed by atoms with van der Waals surface area (Å²) in [4.78, 5) is 38.2. The Morgan fingerprint density at radius 3 is 2.50 bits per heavy atom. The van der Waals surface area contributed by atoms with Gasteiger partial charge in [-0.1, -0.05) is 25.5 Å². The Hall–Kier alpha value is -3.22. The number of aryl methyl sites for hydroxylation is 1. The van der Waals surface area contributed by atoms with E-state index in [4.69, 9.17) is 4.74 Å². The number of amides is 2. The van der Waals surface area contributed by atoms with Gasteiger partial charge < -0.3 is 15.0 Å². The summed E-state index contributed by atoms with van der Waals surface area (Å²) in [6.07, 6.45) is 3.29. The quantitative estimate of drug-likeness (QED) is 0.671. The second-order valence-corrected chi connectivity index (χ2v) is 7.34. The van der Waals surface area contributed by atoms with Crippen LogP contribution in [0.5, 0.6) is 0 Å². The number of anilines is 2. The van der Waals surface area contributed by atoms with Gasteiger partial charge in [0, 0.05) is 24.3 Å². The Balaban J connectivity index is 1.49. The van der Waals surface area contributed by atoms with Gasteiger partial charge in [-0.15, -0.1) is 0 Å². The summed E-state index contributed by atoms with van der Waals surface area (Å²) >= 11 is 0. The number of nitrogens with zero attached hydrogens (tertiary/aromatic N) is 1. The molecule has 2 amide bonds. The van der Waals surface area contributed by atoms with E-state index in [1.807, 2.05) is 24.3 Å². The van der Waals surface area contributed by atoms with Gasteiger partial charge in [0.2, 0.25) is 5.91 Å². The third-order valence-corrected chi connectivity index (χ3v) is 5.00. The van der Waals surface area contributed by atoms with Crippen LogP contribution in [0.2, 0.25) is 0 Å². The summed E-state index contributed by atoms with van der Waals surface area (Å²) in [6.45, 7) is 1.90. The second kappa shape index (κ2) is 10.0. The van der Waals surface area contributed by atoms with Gasteiger partial charge >= 0.3 is 5.97 Å². The molecule has 0 aromatic heterocycles. The first kappa shape index (κ1) is 21.5. The highest BCUT2D eigenvalue weighted by Crippen LogP contribution is 2.26. The van der Waals surface area contributed by atoms with Crippen molar-refractivity contribution in [2.24, 2.45) is 5.92 Å². The molecule has 158 valence electrons. The van der Waals surface area contributed by atoms with Crippen LogP contribution in [0.3, 0.4) is 0 Å². The van der Waals surface area contributed by atoms with Crippen molar-refractivity contribution in [3.05, 3.63) is 59.9 Å². The minimum absolute atomic E-state index is 0.0516. The lowest BCUT2D eigenvalue weighted by molar-refractivity contribution is -0.151. The molecule has 3 rings (SSSR count). The summed E-state index contributed by atoms with van der Waals surface area (Å²) in [5, 5.41) is 2.52. The Kier molecular flexibility index (Phi) is 7.17. The fourth-order valence-corrected chi connectivity index (χ4v) is 3.32. The number of ether oxygens (including phenoxy) is 1. The first-order valence-electron chi connectivity index (χ1n) is 10.1. The van der Waals surface area contributed by atoms with Crippen molar-refractivity contribution in [3.63, 3.8) is 0 Å². The van der Waals surface area contributed by atoms with Crippen molar-refractivity contribution in [1.82, 2.24) is 0 Å². The topological polar surface area (TPSA) is 75.7 Å². The van der Waals surface area contributed by atoms with Crippen molar-refractivity contribution in [2.45, 2.75) is 32.6 Å². The highest BCUT2D eigenvalue weighted by atomic mass is 19.1. The lowest BCUT2D eigenvalue weighted by Gasteiger charge is -2.17. The molecule has 7 heteroatoms. The third kappa shape index (κ3) is 5.65. The van der Waals surface area contributed by atoms with E-state index in [9.17, 15) is 18.8 Å². The summed E-state index contributed by atoms with van der Waals surface area (Å²) < 4.78 is 18.0. The maximum absolute atomic E-state index is 12.9. The number of carbonyl (C=O) groups is 3. The molecule has 0 bridgehead atoms. The number of unbranched alkanes of at least 4 members (excludes halogenated alkanes) is 1. The molecule has 0 aliphatic carbocycles. The van der Waals surface area contributed by atoms with Crippen LogP contribution in [0.15, 0.2) is 48.5 Å². The first-order chi connectivity index (χ1) is 14.5. The molecule has 0 unspecified atom stereocenters. The van der Waals surface area contributed by atoms with Gasteiger partial charge in [0.05, 0.1) is 5.92 Å². The molecule has 0 saturated carbocycles. The van der Waals surface area contributed by atoms with E-state index in [2.05, 4.69) is 12.2 Å². The molecule has 1 aliphatic rings. The summed E-state index contributed by atoms with van der Waals surface area (Å²) in [5.74, 6) is -2.28. The largest absolute Gasteiger partial charge is 0.455 e. The van der Waals surface area contributed by atoms with Crippen LogP contribution in [0.1, 0.15) is 31.7 Å². The van der Waals surface area contributed by atoms with E-state index in [1.165, 1.54) is 29.8 Å². The fraction of sp³-hybridized carbons (Fsp3) is 0.348. The van der Waals surface area contributed by atoms with E-state index >= 15 is 0 Å². The highest BCUT2D eigenvalue weighted by molar-refractivity contribution is 6.00. The smallest absolute Gasteiger partial charge is 0.311 e. The number of nitrogens with one attached hydrogen (secondary N) is 1. The van der Waals surface area contributed by atoms with Crippen LogP contribution >= 0.6 is 0 Å². The standard InChI is InChI=1S/C23H25FN2O4/c1-2-3-4-16-5-11-20(12-6-16)26-14-17(13-22(26)28)23(29)30-15-21(27)25-19-9-7-18(24)8-10-19/h5-12,17H,2-4,13-15H2,1H3,(H,25,27)/t17-/m1/s1. The van der Waals surface area contributed by atoms with Crippen LogP contribution in [0.4, 0.5) is 15.8 Å². The van der Waals surface area contributed by atoms with Crippen molar-refractivity contribution in [1.29, 1.82) is 0 Å². The Bertz CT molecular complexity index is 896. The molecule has 1 heterocycles. The molecule has 1 aliphatic heterocycles. The molecule has 2 aromatic rings. The zero-order valence-electron chi connectivity index (χ0n) is 16.9. The van der Waals surface area contributed by atoms with Crippen molar-refractivity contribution in [3.8, 4) is 0 Å². The Morgan fingerprint density at radius 1 is 1.13 bits per heavy atom. The van der Waals surface area contributed by atoms with E-state index in [0.717, 1.165) is 24.9 Å². The van der Waals surface area contributed by atoms with Gasteiger partial charge in [-0.05, 0) is 54.8 Å². The van der Waals surface area contributed by atoms with Crippen LogP contribution in [0.25, 0.3) is 0 Å². The molecule has 0 radical (unpaired) electrons. The van der Waals surface area contributed by atoms with E-state index in [-0.39, 0.29) is 18.9 Å². The number of hydrogen-bond donors (Lipinski definition) is 1. The number of halogens is 1. The molecule has 30 heavy (non-hydrogen) atoms. The van der Waals surface area contributed by atoms with Crippen LogP contribution < -0.4 is 10.2 Å². The monoisotopic (exact) mass is 412 g/mol. The fourth-order valence-electron chi connectivity index (χ4n) is 3.32. The highest BCUT2D eigenvalue weighted by Gasteiger charge is 2.36. The number of hydrogen-bond acceptors (Lipinski definition) is 4. The Labute approximate surface area is 175 Å². The van der Waals surface area contributed by atoms with Crippen LogP contribution in [-0.4, -0.2) is 30.9 Å². The molecular weight excluding hydrogens is 387 g/mol. The minimum atomic E-state index is -0.615. The SMILES string of the molecule is CCCCc1ccc(N2C[C@H](C(=O)OCC(=O)Nc3ccc(F)cc3)CC2=O)cc1. The average molecular weight is 412 g/mol. The average Bonchev–Trinajstić information content (AvgIpc) is 3.14. The van der Waals surface area contributed by atoms with E-state index in [0.29, 0.717) is 5.69 Å². The maximum Gasteiger partial charge on any atom is 0.311 e. The number of carbonyl (C=O) groups excluding carboxylic acids is 3. The summed E-state index contributed by atoms with van der Waals surface area (Å²) in [7, 11) is 0. The van der Waals surface area contributed by atoms with Crippen molar-refractivity contribution >= 4 is 29.2 Å². The Morgan fingerprint density at radius 2 is 1.83 bits per heavy atom. The van der Waals surface area contributed by atoms with Gasteiger partial charge in [0.25, 0.3) is 5.91 Å². The van der Waals surface area contributed by atoms with Crippen LogP contribution in [-0.2, 0) is 25.5 Å². The molecule has 1 saturated heterocycles. The summed E-state index contributed by atoms with van der Waals surface area (Å²) in [5.41, 5.74) is 2.38. The predicted octanol–water partition coefficient (Wildman–Crippen LogP) is 3.70. The first-order valence-corrected chi connectivity index (χ1v) is 10.1. The zero-order valence-corrected chi connectivity index (χ0v) is 16.9. The summed E-state index contributed by atoms with van der Waals surface area (Å²) in [6, 6.07) is 13.1. The van der Waals surface area contributed by atoms with Crippen LogP contribution in [0, 0.1) is 11.7 Å². The van der Waals surface area contributed by atoms with Gasteiger partial charge in [0.15, 0.2) is 6.61 Å². The third-order valence-electron chi connectivity index (χ3n) is 5.00. The van der Waals surface area contributed by atoms with Crippen molar-refractivity contribution < 1.29 is 23.5 Å². The molecule has 0 spiro atoms. The van der Waals surface area contributed by atoms with E-state index < -0.39 is 30.2 Å². The lowest BCUT2D eigenvalue weighted by Crippen LogP contribution is -2.28. The number of rotatable bonds is 8. The van der Waals surface area contributed by atoms with E-state index in [1.54, 1.807) is 4.90 Å². The number of benzene rings is 2. The second-order valence-electron chi connectivity index (χ2n) is 7.34. The lowest BCUT2D eigenvalue weighted by atomic mass is 10.1. The van der Waals surface area contributed by atoms with Crippen molar-refractivity contribution in [2.75, 3.05) is 23.4 Å².